The van der Waals surface area contributed by atoms with Gasteiger partial charge in [0.1, 0.15) is 0 Å². The Bertz CT molecular complexity index is 719. The van der Waals surface area contributed by atoms with Crippen molar-refractivity contribution in [3.8, 4) is 0 Å². The Morgan fingerprint density at radius 3 is 2.46 bits per heavy atom. The van der Waals surface area contributed by atoms with E-state index in [0.717, 1.165) is 22.5 Å². The van der Waals surface area contributed by atoms with Crippen LogP contribution in [0.2, 0.25) is 0 Å². The third-order valence-corrected chi connectivity index (χ3v) is 5.95. The summed E-state index contributed by atoms with van der Waals surface area (Å²) in [6.45, 7) is 2.76. The number of alkyl halides is 3. The van der Waals surface area contributed by atoms with Crippen LogP contribution in [0.1, 0.15) is 18.9 Å². The van der Waals surface area contributed by atoms with Crippen LogP contribution < -0.4 is 0 Å². The maximum atomic E-state index is 13.1. The fourth-order valence-corrected chi connectivity index (χ4v) is 4.29. The van der Waals surface area contributed by atoms with E-state index in [-0.39, 0.29) is 24.8 Å². The van der Waals surface area contributed by atoms with Crippen molar-refractivity contribution >= 4 is 15.9 Å². The van der Waals surface area contributed by atoms with Gasteiger partial charge in [0.15, 0.2) is 0 Å². The lowest BCUT2D eigenvalue weighted by Gasteiger charge is -2.22. The van der Waals surface area contributed by atoms with Crippen molar-refractivity contribution in [1.82, 2.24) is 9.21 Å². The molecule has 0 aromatic heterocycles. The number of amides is 1. The van der Waals surface area contributed by atoms with Gasteiger partial charge in [0.2, 0.25) is 15.9 Å². The van der Waals surface area contributed by atoms with Gasteiger partial charge in [-0.3, -0.25) is 4.79 Å². The summed E-state index contributed by atoms with van der Waals surface area (Å²) in [4.78, 5) is 12.6. The number of nitrogens with zero attached hydrogens (tertiary/aromatic N) is 2. The van der Waals surface area contributed by atoms with Crippen molar-refractivity contribution in [2.75, 3.05) is 26.7 Å². The molecule has 24 heavy (non-hydrogen) atoms. The number of hydrogen-bond donors (Lipinski definition) is 0. The summed E-state index contributed by atoms with van der Waals surface area (Å²) in [5, 5.41) is 0. The highest BCUT2D eigenvalue weighted by molar-refractivity contribution is 7.89. The van der Waals surface area contributed by atoms with Crippen molar-refractivity contribution in [1.29, 1.82) is 0 Å². The van der Waals surface area contributed by atoms with E-state index in [0.29, 0.717) is 13.1 Å². The van der Waals surface area contributed by atoms with Crippen LogP contribution in [0.4, 0.5) is 13.2 Å². The molecule has 0 bridgehead atoms. The second kappa shape index (κ2) is 6.72. The van der Waals surface area contributed by atoms with Crippen LogP contribution in [0.5, 0.6) is 0 Å². The van der Waals surface area contributed by atoms with Crippen LogP contribution in [0.25, 0.3) is 0 Å². The Hall–Kier alpha value is -1.61. The standard InChI is InChI=1S/C15H19F3N2O3S/c1-3-20-10-11(8-14(20)21)9-19(2)24(22,23)13-7-5-4-6-12(13)15(16,17)18/h4-7,11H,3,8-10H2,1-2H3. The third-order valence-electron chi connectivity index (χ3n) is 4.07. The summed E-state index contributed by atoms with van der Waals surface area (Å²) in [7, 11) is -3.06. The first-order chi connectivity index (χ1) is 11.1. The summed E-state index contributed by atoms with van der Waals surface area (Å²) in [5.74, 6) is -0.292. The zero-order valence-electron chi connectivity index (χ0n) is 13.4. The minimum atomic E-state index is -4.76. The number of hydrogen-bond acceptors (Lipinski definition) is 3. The van der Waals surface area contributed by atoms with Gasteiger partial charge in [-0.25, -0.2) is 12.7 Å². The van der Waals surface area contributed by atoms with E-state index in [2.05, 4.69) is 0 Å². The predicted molar refractivity (Wildman–Crippen MR) is 81.6 cm³/mol. The smallest absolute Gasteiger partial charge is 0.343 e. The second-order valence-electron chi connectivity index (χ2n) is 5.78. The summed E-state index contributed by atoms with van der Waals surface area (Å²) >= 11 is 0. The van der Waals surface area contributed by atoms with E-state index in [1.807, 2.05) is 6.92 Å². The molecule has 0 N–H and O–H groups in total. The molecule has 0 aliphatic carbocycles. The molecule has 0 spiro atoms. The van der Waals surface area contributed by atoms with Crippen molar-refractivity contribution in [2.24, 2.45) is 5.92 Å². The van der Waals surface area contributed by atoms with Crippen molar-refractivity contribution in [2.45, 2.75) is 24.4 Å². The minimum absolute atomic E-state index is 0.00321. The molecule has 1 aliphatic heterocycles. The number of rotatable bonds is 5. The molecule has 1 aromatic rings. The van der Waals surface area contributed by atoms with Crippen LogP contribution in [0.3, 0.4) is 0 Å². The highest BCUT2D eigenvalue weighted by Crippen LogP contribution is 2.35. The first-order valence-corrected chi connectivity index (χ1v) is 8.91. The van der Waals surface area contributed by atoms with E-state index in [1.165, 1.54) is 13.1 Å². The van der Waals surface area contributed by atoms with Gasteiger partial charge in [-0.2, -0.15) is 13.2 Å². The van der Waals surface area contributed by atoms with Gasteiger partial charge < -0.3 is 4.90 Å². The SMILES string of the molecule is CCN1CC(CN(C)S(=O)(=O)c2ccccc2C(F)(F)F)CC1=O. The fourth-order valence-electron chi connectivity index (χ4n) is 2.84. The van der Waals surface area contributed by atoms with Crippen LogP contribution in [0, 0.1) is 5.92 Å². The van der Waals surface area contributed by atoms with Crippen LogP contribution >= 0.6 is 0 Å². The summed E-state index contributed by atoms with van der Waals surface area (Å²) < 4.78 is 65.2. The molecular formula is C15H19F3N2O3S. The molecular weight excluding hydrogens is 345 g/mol. The quantitative estimate of drug-likeness (QED) is 0.805. The first kappa shape index (κ1) is 18.7. The van der Waals surface area contributed by atoms with Crippen molar-refractivity contribution in [3.05, 3.63) is 29.8 Å². The van der Waals surface area contributed by atoms with Gasteiger partial charge in [-0.15, -0.1) is 0 Å². The number of carbonyl (C=O) groups excluding carboxylic acids is 1. The normalized spacial score (nSPS) is 19.3. The molecule has 1 heterocycles. The van der Waals surface area contributed by atoms with Gasteiger partial charge in [-0.1, -0.05) is 12.1 Å². The number of benzene rings is 1. The number of halogens is 3. The minimum Gasteiger partial charge on any atom is -0.343 e. The summed E-state index contributed by atoms with van der Waals surface area (Å²) in [6, 6.07) is 4.11. The maximum absolute atomic E-state index is 13.1. The molecule has 9 heteroatoms. The Morgan fingerprint density at radius 2 is 1.92 bits per heavy atom. The van der Waals surface area contributed by atoms with Gasteiger partial charge in [0.25, 0.3) is 0 Å². The molecule has 1 fully saturated rings. The van der Waals surface area contributed by atoms with E-state index >= 15 is 0 Å². The lowest BCUT2D eigenvalue weighted by Crippen LogP contribution is -2.34. The van der Waals surface area contributed by atoms with E-state index in [1.54, 1.807) is 4.90 Å². The fraction of sp³-hybridized carbons (Fsp3) is 0.533. The third kappa shape index (κ3) is 3.72. The molecule has 0 saturated carbocycles. The lowest BCUT2D eigenvalue weighted by atomic mass is 10.1. The molecule has 2 rings (SSSR count). The predicted octanol–water partition coefficient (Wildman–Crippen LogP) is 2.19. The van der Waals surface area contributed by atoms with Gasteiger partial charge in [0.05, 0.1) is 10.5 Å². The zero-order chi connectivity index (χ0) is 18.1. The Balaban J connectivity index is 2.24. The Labute approximate surface area is 139 Å². The largest absolute Gasteiger partial charge is 0.417 e. The molecule has 134 valence electrons. The molecule has 1 unspecified atom stereocenters. The first-order valence-electron chi connectivity index (χ1n) is 7.47. The molecule has 1 amide bonds. The Kier molecular flexibility index (Phi) is 5.24. The van der Waals surface area contributed by atoms with Crippen LogP contribution in [-0.4, -0.2) is 50.2 Å². The average Bonchev–Trinajstić information content (AvgIpc) is 2.86. The lowest BCUT2D eigenvalue weighted by molar-refractivity contribution is -0.140. The summed E-state index contributed by atoms with van der Waals surface area (Å²) in [6.07, 6.45) is -4.55. The van der Waals surface area contributed by atoms with Gasteiger partial charge in [-0.05, 0) is 25.0 Å². The van der Waals surface area contributed by atoms with Crippen molar-refractivity contribution < 1.29 is 26.4 Å². The molecule has 5 nitrogen and oxygen atoms in total. The van der Waals surface area contributed by atoms with Crippen molar-refractivity contribution in [3.63, 3.8) is 0 Å². The van der Waals surface area contributed by atoms with E-state index in [4.69, 9.17) is 0 Å². The van der Waals surface area contributed by atoms with E-state index in [9.17, 15) is 26.4 Å². The van der Waals surface area contributed by atoms with Crippen LogP contribution in [0.15, 0.2) is 29.2 Å². The highest BCUT2D eigenvalue weighted by Gasteiger charge is 2.39. The molecule has 0 radical (unpaired) electrons. The molecule has 1 aromatic carbocycles. The molecule has 1 saturated heterocycles. The van der Waals surface area contributed by atoms with E-state index < -0.39 is 26.7 Å². The Morgan fingerprint density at radius 1 is 1.29 bits per heavy atom. The molecule has 1 aliphatic rings. The average molecular weight is 364 g/mol. The monoisotopic (exact) mass is 364 g/mol. The zero-order valence-corrected chi connectivity index (χ0v) is 14.2. The second-order valence-corrected chi connectivity index (χ2v) is 7.80. The van der Waals surface area contributed by atoms with Gasteiger partial charge in [0, 0.05) is 33.1 Å². The number of likely N-dealkylation sites (tertiary alicyclic amines) is 1. The van der Waals surface area contributed by atoms with Gasteiger partial charge >= 0.3 is 6.18 Å². The topological polar surface area (TPSA) is 57.7 Å². The number of sulfonamides is 1. The summed E-state index contributed by atoms with van der Waals surface area (Å²) in [5.41, 5.74) is -1.19. The molecule has 1 atom stereocenters. The maximum Gasteiger partial charge on any atom is 0.417 e. The number of carbonyl (C=O) groups is 1. The highest BCUT2D eigenvalue weighted by atomic mass is 32.2. The van der Waals surface area contributed by atoms with Crippen LogP contribution in [-0.2, 0) is 21.0 Å².